The Hall–Kier alpha value is -1.28. The van der Waals surface area contributed by atoms with Gasteiger partial charge >= 0.3 is 47.4 Å². The quantitative estimate of drug-likeness (QED) is 0.272. The van der Waals surface area contributed by atoms with Crippen LogP contribution >= 0.6 is 0 Å². The van der Waals surface area contributed by atoms with Crippen molar-refractivity contribution in [3.05, 3.63) is 0 Å². The van der Waals surface area contributed by atoms with Crippen LogP contribution in [0.15, 0.2) is 0 Å². The largest absolute Gasteiger partial charge is 0.396 e. The lowest BCUT2D eigenvalue weighted by Crippen LogP contribution is -2.76. The first-order chi connectivity index (χ1) is 14.9. The summed E-state index contributed by atoms with van der Waals surface area (Å²) in [6, 6.07) is 0. The number of rotatable bonds is 12. The smallest absolute Gasteiger partial charge is 0.385 e. The van der Waals surface area contributed by atoms with E-state index in [-0.39, 0.29) is 0 Å². The van der Waals surface area contributed by atoms with Crippen molar-refractivity contribution < 1.29 is 90.7 Å². The van der Waals surface area contributed by atoms with Crippen LogP contribution in [0.4, 0.5) is 70.2 Å². The highest BCUT2D eigenvalue weighted by molar-refractivity contribution is 5.17. The molecule has 20 heteroatoms. The molecule has 0 fully saturated rings. The van der Waals surface area contributed by atoms with E-state index in [0.717, 1.165) is 0 Å². The summed E-state index contributed by atoms with van der Waals surface area (Å²) >= 11 is 0. The average Bonchev–Trinajstić information content (AvgIpc) is 2.71. The minimum absolute atomic E-state index is 0.500. The summed E-state index contributed by atoms with van der Waals surface area (Å²) in [5, 5.41) is 35.3. The van der Waals surface area contributed by atoms with E-state index in [9.17, 15) is 75.4 Å². The number of aliphatic hydroxyl groups excluding tert-OH is 4. The second-order valence-electron chi connectivity index (χ2n) is 7.97. The Balaban J connectivity index is 6.87. The molecule has 2 atom stereocenters. The van der Waals surface area contributed by atoms with Gasteiger partial charge in [-0.05, 0) is 0 Å². The molecule has 0 heterocycles. The van der Waals surface area contributed by atoms with Crippen LogP contribution in [0.3, 0.4) is 0 Å². The van der Waals surface area contributed by atoms with Gasteiger partial charge in [0.2, 0.25) is 0 Å². The van der Waals surface area contributed by atoms with Crippen LogP contribution in [-0.2, 0) is 0 Å². The Morgan fingerprint density at radius 3 is 1.03 bits per heavy atom. The van der Waals surface area contributed by atoms with Crippen LogP contribution in [0.2, 0.25) is 0 Å². The number of hydrogen-bond acceptors (Lipinski definition) is 4. The molecule has 0 radical (unpaired) electrons. The first kappa shape index (κ1) is 33.7. The normalized spacial score (nSPS) is 18.0. The lowest BCUT2D eigenvalue weighted by Gasteiger charge is -2.45. The Bertz CT molecular complexity index is 751. The molecule has 212 valence electrons. The van der Waals surface area contributed by atoms with E-state index in [1.807, 2.05) is 0 Å². The van der Waals surface area contributed by atoms with Gasteiger partial charge in [0.1, 0.15) is 6.61 Å². The zero-order valence-corrected chi connectivity index (χ0v) is 16.9. The molecule has 0 aromatic rings. The van der Waals surface area contributed by atoms with Gasteiger partial charge in [-0.2, -0.15) is 70.2 Å². The van der Waals surface area contributed by atoms with Crippen molar-refractivity contribution in [3.63, 3.8) is 0 Å². The molecule has 0 aliphatic rings. The highest BCUT2D eigenvalue weighted by Crippen LogP contribution is 2.64. The maximum atomic E-state index is 13.9. The highest BCUT2D eigenvalue weighted by Gasteiger charge is 2.95. The minimum Gasteiger partial charge on any atom is -0.396 e. The fraction of sp³-hybridized carbons (Fsp3) is 1.00. The van der Waals surface area contributed by atoms with Gasteiger partial charge in [-0.1, -0.05) is 13.8 Å². The Morgan fingerprint density at radius 1 is 0.457 bits per heavy atom. The van der Waals surface area contributed by atoms with Crippen molar-refractivity contribution in [2.24, 2.45) is 5.41 Å². The monoisotopic (exact) mass is 564 g/mol. The zero-order chi connectivity index (χ0) is 29.1. The average molecular weight is 564 g/mol. The Labute approximate surface area is 184 Å². The maximum Gasteiger partial charge on any atom is 0.385 e. The summed E-state index contributed by atoms with van der Waals surface area (Å²) in [5.41, 5.74) is -2.51. The molecule has 0 spiro atoms. The third kappa shape index (κ3) is 4.41. The molecule has 4 nitrogen and oxygen atoms in total. The standard InChI is InChI=1S/C15H16F16O4/c1-7(2,3-32)5(34)6(35)9(18,19)11(22,23)13(26,27)15(30,31)14(28,29)12(24,25)10(20,21)8(16,17)4-33/h5-6,32-35H,3-4H2,1-2H3. The van der Waals surface area contributed by atoms with E-state index in [2.05, 4.69) is 0 Å². The highest BCUT2D eigenvalue weighted by atomic mass is 19.4. The molecule has 0 saturated heterocycles. The third-order valence-electron chi connectivity index (χ3n) is 4.93. The molecular formula is C15H16F16O4. The summed E-state index contributed by atoms with van der Waals surface area (Å²) in [5.74, 6) is -64.1. The summed E-state index contributed by atoms with van der Waals surface area (Å²) in [4.78, 5) is 0. The Morgan fingerprint density at radius 2 is 0.743 bits per heavy atom. The molecule has 2 unspecified atom stereocenters. The molecule has 4 N–H and O–H groups in total. The lowest BCUT2D eigenvalue weighted by molar-refractivity contribution is -0.458. The number of hydrogen-bond donors (Lipinski definition) is 4. The summed E-state index contributed by atoms with van der Waals surface area (Å²) in [6.07, 6.45) is -8.04. The van der Waals surface area contributed by atoms with Gasteiger partial charge in [-0.15, -0.1) is 0 Å². The molecule has 0 bridgehead atoms. The number of alkyl halides is 16. The van der Waals surface area contributed by atoms with Crippen LogP contribution in [-0.4, -0.2) is 93.2 Å². The lowest BCUT2D eigenvalue weighted by atomic mass is 9.79. The first-order valence-corrected chi connectivity index (χ1v) is 8.54. The molecule has 0 rings (SSSR count). The maximum absolute atomic E-state index is 13.9. The first-order valence-electron chi connectivity index (χ1n) is 8.54. The summed E-state index contributed by atoms with van der Waals surface area (Å²) in [6.45, 7) is -3.97. The number of halogens is 16. The van der Waals surface area contributed by atoms with Crippen LogP contribution < -0.4 is 0 Å². The van der Waals surface area contributed by atoms with E-state index < -0.39 is 78.2 Å². The van der Waals surface area contributed by atoms with Crippen LogP contribution in [0.5, 0.6) is 0 Å². The van der Waals surface area contributed by atoms with Crippen molar-refractivity contribution in [2.75, 3.05) is 13.2 Å². The SMILES string of the molecule is CC(C)(CO)C(O)C(O)C(F)(F)C(F)(F)C(F)(F)C(F)(F)C(F)(F)C(F)(F)C(F)(F)C(F)(F)CO. The fourth-order valence-corrected chi connectivity index (χ4v) is 2.23. The van der Waals surface area contributed by atoms with Crippen molar-refractivity contribution in [1.82, 2.24) is 0 Å². The predicted molar refractivity (Wildman–Crippen MR) is 79.5 cm³/mol. The van der Waals surface area contributed by atoms with E-state index in [1.54, 1.807) is 0 Å². The van der Waals surface area contributed by atoms with Gasteiger partial charge < -0.3 is 20.4 Å². The van der Waals surface area contributed by atoms with Crippen LogP contribution in [0.1, 0.15) is 13.8 Å². The van der Waals surface area contributed by atoms with E-state index in [1.165, 1.54) is 0 Å². The van der Waals surface area contributed by atoms with Gasteiger partial charge in [0, 0.05) is 5.41 Å². The molecule has 0 aromatic carbocycles. The van der Waals surface area contributed by atoms with Gasteiger partial charge in [0.15, 0.2) is 6.10 Å². The molecular weight excluding hydrogens is 548 g/mol. The molecule has 0 saturated carbocycles. The Kier molecular flexibility index (Phi) is 8.60. The second-order valence-corrected chi connectivity index (χ2v) is 7.97. The van der Waals surface area contributed by atoms with E-state index in [4.69, 9.17) is 15.3 Å². The van der Waals surface area contributed by atoms with Crippen LogP contribution in [0, 0.1) is 5.41 Å². The molecule has 0 amide bonds. The second kappa shape index (κ2) is 8.93. The third-order valence-corrected chi connectivity index (χ3v) is 4.93. The van der Waals surface area contributed by atoms with Crippen molar-refractivity contribution in [2.45, 2.75) is 73.4 Å². The molecule has 0 aromatic heterocycles. The van der Waals surface area contributed by atoms with Crippen LogP contribution in [0.25, 0.3) is 0 Å². The molecule has 0 aliphatic heterocycles. The fourth-order valence-electron chi connectivity index (χ4n) is 2.23. The van der Waals surface area contributed by atoms with Gasteiger partial charge in [0.05, 0.1) is 12.7 Å². The van der Waals surface area contributed by atoms with Gasteiger partial charge in [-0.25, -0.2) is 0 Å². The number of aliphatic hydroxyl groups is 4. The molecule has 0 aliphatic carbocycles. The summed E-state index contributed by atoms with van der Waals surface area (Å²) in [7, 11) is 0. The zero-order valence-electron chi connectivity index (χ0n) is 16.9. The minimum atomic E-state index is -8.69. The van der Waals surface area contributed by atoms with Crippen molar-refractivity contribution in [1.29, 1.82) is 0 Å². The predicted octanol–water partition coefficient (Wildman–Crippen LogP) is 3.80. The van der Waals surface area contributed by atoms with E-state index >= 15 is 0 Å². The van der Waals surface area contributed by atoms with Crippen molar-refractivity contribution >= 4 is 0 Å². The van der Waals surface area contributed by atoms with Gasteiger partial charge in [-0.3, -0.25) is 0 Å². The summed E-state index contributed by atoms with van der Waals surface area (Å²) < 4.78 is 216. The van der Waals surface area contributed by atoms with Gasteiger partial charge in [0.25, 0.3) is 0 Å². The topological polar surface area (TPSA) is 80.9 Å². The van der Waals surface area contributed by atoms with Crippen molar-refractivity contribution in [3.8, 4) is 0 Å². The molecule has 35 heavy (non-hydrogen) atoms. The van der Waals surface area contributed by atoms with E-state index in [0.29, 0.717) is 13.8 Å².